The van der Waals surface area contributed by atoms with Gasteiger partial charge in [0.15, 0.2) is 0 Å². The van der Waals surface area contributed by atoms with Crippen LogP contribution in [0, 0.1) is 0 Å². The van der Waals surface area contributed by atoms with Gasteiger partial charge in [-0.05, 0) is 0 Å². The van der Waals surface area contributed by atoms with Crippen molar-refractivity contribution in [3.8, 4) is 0 Å². The Bertz CT molecular complexity index is 206. The van der Waals surface area contributed by atoms with E-state index >= 15 is 0 Å². The number of rotatable bonds is 1. The maximum absolute atomic E-state index is 5.22. The molecule has 1 aromatic rings. The Morgan fingerprint density at radius 1 is 1.64 bits per heavy atom. The number of aromatic nitrogens is 2. The van der Waals surface area contributed by atoms with E-state index in [0.717, 1.165) is 13.2 Å². The molecule has 5 heteroatoms. The molecule has 1 aromatic heterocycles. The number of nitrogens with one attached hydrogen (secondary N) is 1. The minimum absolute atomic E-state index is 0.0752. The topological polar surface area (TPSA) is 60.2 Å². The van der Waals surface area contributed by atoms with Crippen molar-refractivity contribution < 1.29 is 9.15 Å². The lowest BCUT2D eigenvalue weighted by Gasteiger charge is -2.20. The summed E-state index contributed by atoms with van der Waals surface area (Å²) in [5.74, 6) is 0.602. The van der Waals surface area contributed by atoms with Crippen LogP contribution in [-0.4, -0.2) is 30.0 Å². The summed E-state index contributed by atoms with van der Waals surface area (Å²) in [5.41, 5.74) is 0. The molecule has 0 aromatic carbocycles. The molecular formula is C6H9N3O2. The first-order valence-electron chi connectivity index (χ1n) is 3.54. The Hall–Kier alpha value is -0.940. The van der Waals surface area contributed by atoms with Gasteiger partial charge in [0.1, 0.15) is 6.04 Å². The van der Waals surface area contributed by atoms with Gasteiger partial charge < -0.3 is 14.5 Å². The van der Waals surface area contributed by atoms with E-state index in [0.29, 0.717) is 12.5 Å². The van der Waals surface area contributed by atoms with Gasteiger partial charge in [0.25, 0.3) is 0 Å². The van der Waals surface area contributed by atoms with Gasteiger partial charge in [0.05, 0.1) is 13.2 Å². The molecule has 1 unspecified atom stereocenters. The lowest BCUT2D eigenvalue weighted by Crippen LogP contribution is -2.34. The molecule has 0 saturated carbocycles. The van der Waals surface area contributed by atoms with E-state index in [4.69, 9.17) is 9.15 Å². The largest absolute Gasteiger partial charge is 0.426 e. The van der Waals surface area contributed by atoms with Crippen LogP contribution in [-0.2, 0) is 4.74 Å². The van der Waals surface area contributed by atoms with Crippen LogP contribution in [0.15, 0.2) is 10.8 Å². The Morgan fingerprint density at radius 3 is 3.27 bits per heavy atom. The minimum atomic E-state index is 0.0752. The van der Waals surface area contributed by atoms with Crippen molar-refractivity contribution in [2.75, 3.05) is 19.8 Å². The van der Waals surface area contributed by atoms with Crippen molar-refractivity contribution >= 4 is 0 Å². The first-order valence-corrected chi connectivity index (χ1v) is 3.54. The highest BCUT2D eigenvalue weighted by Crippen LogP contribution is 2.11. The van der Waals surface area contributed by atoms with Gasteiger partial charge in [-0.25, -0.2) is 0 Å². The third kappa shape index (κ3) is 1.38. The van der Waals surface area contributed by atoms with Gasteiger partial charge in [0.2, 0.25) is 12.3 Å². The fourth-order valence-electron chi connectivity index (χ4n) is 1.06. The maximum Gasteiger partial charge on any atom is 0.235 e. The molecule has 0 amide bonds. The fraction of sp³-hybridized carbons (Fsp3) is 0.667. The van der Waals surface area contributed by atoms with Crippen LogP contribution in [0.25, 0.3) is 0 Å². The van der Waals surface area contributed by atoms with Gasteiger partial charge in [-0.15, -0.1) is 10.2 Å². The summed E-state index contributed by atoms with van der Waals surface area (Å²) in [5, 5.41) is 10.6. The zero-order chi connectivity index (χ0) is 7.52. The van der Waals surface area contributed by atoms with Crippen LogP contribution in [0.2, 0.25) is 0 Å². The van der Waals surface area contributed by atoms with Crippen LogP contribution < -0.4 is 5.32 Å². The van der Waals surface area contributed by atoms with Crippen LogP contribution in [0.3, 0.4) is 0 Å². The zero-order valence-electron chi connectivity index (χ0n) is 5.99. The average Bonchev–Trinajstić information content (AvgIpc) is 2.58. The van der Waals surface area contributed by atoms with Crippen LogP contribution in [0.5, 0.6) is 0 Å². The van der Waals surface area contributed by atoms with Crippen molar-refractivity contribution in [1.29, 1.82) is 0 Å². The molecule has 1 aliphatic heterocycles. The summed E-state index contributed by atoms with van der Waals surface area (Å²) >= 11 is 0. The standard InChI is InChI=1S/C6H9N3O2/c1-2-10-3-5(7-1)6-9-8-4-11-6/h4-5,7H,1-3H2. The molecular weight excluding hydrogens is 146 g/mol. The highest BCUT2D eigenvalue weighted by molar-refractivity contribution is 4.87. The lowest BCUT2D eigenvalue weighted by atomic mass is 10.3. The highest BCUT2D eigenvalue weighted by Gasteiger charge is 2.19. The van der Waals surface area contributed by atoms with Crippen molar-refractivity contribution in [3.63, 3.8) is 0 Å². The number of morpholine rings is 1. The summed E-state index contributed by atoms with van der Waals surface area (Å²) in [6.07, 6.45) is 1.33. The number of nitrogens with zero attached hydrogens (tertiary/aromatic N) is 2. The quantitative estimate of drug-likeness (QED) is 0.605. The molecule has 1 N–H and O–H groups in total. The zero-order valence-corrected chi connectivity index (χ0v) is 5.99. The molecule has 0 radical (unpaired) electrons. The maximum atomic E-state index is 5.22. The number of hydrogen-bond acceptors (Lipinski definition) is 5. The average molecular weight is 155 g/mol. The van der Waals surface area contributed by atoms with E-state index in [-0.39, 0.29) is 6.04 Å². The highest BCUT2D eigenvalue weighted by atomic mass is 16.5. The summed E-state index contributed by atoms with van der Waals surface area (Å²) in [6, 6.07) is 0.0752. The first kappa shape index (κ1) is 6.75. The van der Waals surface area contributed by atoms with Crippen molar-refractivity contribution in [2.45, 2.75) is 6.04 Å². The molecule has 2 heterocycles. The molecule has 1 saturated heterocycles. The Morgan fingerprint density at radius 2 is 2.64 bits per heavy atom. The summed E-state index contributed by atoms with van der Waals surface area (Å²) < 4.78 is 10.2. The lowest BCUT2D eigenvalue weighted by molar-refractivity contribution is 0.0681. The van der Waals surface area contributed by atoms with Crippen molar-refractivity contribution in [1.82, 2.24) is 15.5 Å². The summed E-state index contributed by atoms with van der Waals surface area (Å²) in [6.45, 7) is 2.21. The predicted octanol–water partition coefficient (Wildman–Crippen LogP) is -0.270. The van der Waals surface area contributed by atoms with E-state index in [1.54, 1.807) is 0 Å². The molecule has 1 fully saturated rings. The SMILES string of the molecule is c1nnc(C2COCCN2)o1. The molecule has 1 atom stereocenters. The smallest absolute Gasteiger partial charge is 0.235 e. The van der Waals surface area contributed by atoms with Gasteiger partial charge in [-0.3, -0.25) is 0 Å². The summed E-state index contributed by atoms with van der Waals surface area (Å²) in [4.78, 5) is 0. The van der Waals surface area contributed by atoms with Gasteiger partial charge in [-0.1, -0.05) is 0 Å². The fourth-order valence-corrected chi connectivity index (χ4v) is 1.06. The molecule has 1 aliphatic rings. The first-order chi connectivity index (χ1) is 5.47. The van der Waals surface area contributed by atoms with Gasteiger partial charge >= 0.3 is 0 Å². The molecule has 0 bridgehead atoms. The van der Waals surface area contributed by atoms with Crippen LogP contribution in [0.1, 0.15) is 11.9 Å². The molecule has 60 valence electrons. The Balaban J connectivity index is 2.04. The summed E-state index contributed by atoms with van der Waals surface area (Å²) in [7, 11) is 0. The van der Waals surface area contributed by atoms with E-state index in [1.807, 2.05) is 0 Å². The minimum Gasteiger partial charge on any atom is -0.426 e. The van der Waals surface area contributed by atoms with E-state index in [1.165, 1.54) is 6.39 Å². The van der Waals surface area contributed by atoms with Gasteiger partial charge in [-0.2, -0.15) is 0 Å². The third-order valence-electron chi connectivity index (χ3n) is 1.60. The normalized spacial score (nSPS) is 25.3. The monoisotopic (exact) mass is 155 g/mol. The second-order valence-electron chi connectivity index (χ2n) is 2.36. The van der Waals surface area contributed by atoms with Crippen LogP contribution in [0.4, 0.5) is 0 Å². The second-order valence-corrected chi connectivity index (χ2v) is 2.36. The molecule has 0 spiro atoms. The van der Waals surface area contributed by atoms with Crippen molar-refractivity contribution in [2.24, 2.45) is 0 Å². The molecule has 5 nitrogen and oxygen atoms in total. The Labute approximate surface area is 63.8 Å². The molecule has 0 aliphatic carbocycles. The number of ether oxygens (including phenoxy) is 1. The van der Waals surface area contributed by atoms with E-state index in [2.05, 4.69) is 15.5 Å². The molecule has 2 rings (SSSR count). The number of hydrogen-bond donors (Lipinski definition) is 1. The molecule has 11 heavy (non-hydrogen) atoms. The Kier molecular flexibility index (Phi) is 1.83. The predicted molar refractivity (Wildman–Crippen MR) is 35.9 cm³/mol. The van der Waals surface area contributed by atoms with Crippen molar-refractivity contribution in [3.05, 3.63) is 12.3 Å². The van der Waals surface area contributed by atoms with Gasteiger partial charge in [0, 0.05) is 6.54 Å². The van der Waals surface area contributed by atoms with Crippen LogP contribution >= 0.6 is 0 Å². The van der Waals surface area contributed by atoms with E-state index < -0.39 is 0 Å². The van der Waals surface area contributed by atoms with E-state index in [9.17, 15) is 0 Å². The second kappa shape index (κ2) is 2.98. The third-order valence-corrected chi connectivity index (χ3v) is 1.60.